The number of rotatable bonds is 7. The lowest BCUT2D eigenvalue weighted by Gasteiger charge is -2.19. The van der Waals surface area contributed by atoms with E-state index in [0.29, 0.717) is 64.7 Å². The number of hydrogen-bond donors (Lipinski definition) is 1. The Morgan fingerprint density at radius 1 is 1.04 bits per heavy atom. The lowest BCUT2D eigenvalue weighted by Crippen LogP contribution is -2.26. The number of hydrogen-bond acceptors (Lipinski definition) is 10. The maximum atomic E-state index is 13.1. The Labute approximate surface area is 266 Å². The number of carbonyl (C=O) groups excluding carboxylic acids is 2. The van der Waals surface area contributed by atoms with Crippen LogP contribution < -0.4 is 15.0 Å². The molecule has 2 aromatic carbocycles. The smallest absolute Gasteiger partial charge is 0.420 e. The Balaban J connectivity index is 1.19. The first kappa shape index (κ1) is 30.7. The Morgan fingerprint density at radius 3 is 2.63 bits per heavy atom. The average molecular weight is 621 g/mol. The molecule has 0 bridgehead atoms. The third-order valence-electron chi connectivity index (χ3n) is 7.35. The number of ether oxygens (including phenoxy) is 2. The average Bonchev–Trinajstić information content (AvgIpc) is 3.59. The van der Waals surface area contributed by atoms with Crippen molar-refractivity contribution in [2.75, 3.05) is 37.4 Å². The summed E-state index contributed by atoms with van der Waals surface area (Å²) in [5.41, 5.74) is 4.32. The van der Waals surface area contributed by atoms with Crippen LogP contribution in [-0.4, -0.2) is 74.2 Å². The fourth-order valence-corrected chi connectivity index (χ4v) is 5.10. The molecule has 12 nitrogen and oxygen atoms in total. The van der Waals surface area contributed by atoms with E-state index in [1.807, 2.05) is 83.1 Å². The maximum absolute atomic E-state index is 13.1. The Hall–Kier alpha value is -5.36. The van der Waals surface area contributed by atoms with Gasteiger partial charge in [0.15, 0.2) is 5.82 Å². The molecule has 1 aliphatic heterocycles. The van der Waals surface area contributed by atoms with Crippen molar-refractivity contribution in [3.63, 3.8) is 0 Å². The van der Waals surface area contributed by atoms with Crippen molar-refractivity contribution in [1.29, 1.82) is 0 Å². The lowest BCUT2D eigenvalue weighted by atomic mass is 10.2. The normalized spacial score (nSPS) is 14.5. The van der Waals surface area contributed by atoms with Crippen molar-refractivity contribution < 1.29 is 19.1 Å². The molecular formula is C34H36N8O4. The molecule has 3 aromatic heterocycles. The van der Waals surface area contributed by atoms with Crippen LogP contribution in [-0.2, 0) is 9.53 Å². The van der Waals surface area contributed by atoms with Crippen molar-refractivity contribution in [3.8, 4) is 11.5 Å². The summed E-state index contributed by atoms with van der Waals surface area (Å²) >= 11 is 0. The number of nitrogens with one attached hydrogen (secondary N) is 1. The van der Waals surface area contributed by atoms with E-state index >= 15 is 0 Å². The SMILES string of the molecule is Cc1cc(Nc2ncnc3ccc(N4CC/C(=C\CN(C)C)C4=O)nc23)ccc1Oc1ccc2c(c1)ncn2C(=O)OC(C)(C)C. The molecule has 1 amide bonds. The van der Waals surface area contributed by atoms with Gasteiger partial charge in [-0.1, -0.05) is 6.08 Å². The van der Waals surface area contributed by atoms with E-state index in [9.17, 15) is 9.59 Å². The maximum Gasteiger partial charge on any atom is 0.420 e. The number of benzene rings is 2. The number of carbonyl (C=O) groups is 2. The first-order valence-corrected chi connectivity index (χ1v) is 15.0. The van der Waals surface area contributed by atoms with Crippen molar-refractivity contribution in [3.05, 3.63) is 78.4 Å². The summed E-state index contributed by atoms with van der Waals surface area (Å²) in [4.78, 5) is 47.4. The number of aromatic nitrogens is 5. The summed E-state index contributed by atoms with van der Waals surface area (Å²) < 4.78 is 13.0. The number of nitrogens with zero attached hydrogens (tertiary/aromatic N) is 7. The molecule has 236 valence electrons. The quantitative estimate of drug-likeness (QED) is 0.209. The minimum atomic E-state index is -0.614. The van der Waals surface area contributed by atoms with E-state index in [1.54, 1.807) is 23.1 Å². The number of imidazole rings is 1. The fourth-order valence-electron chi connectivity index (χ4n) is 5.10. The van der Waals surface area contributed by atoms with Crippen LogP contribution in [0.2, 0.25) is 0 Å². The second-order valence-electron chi connectivity index (χ2n) is 12.4. The summed E-state index contributed by atoms with van der Waals surface area (Å²) in [7, 11) is 3.95. The van der Waals surface area contributed by atoms with Gasteiger partial charge in [0.25, 0.3) is 5.91 Å². The number of pyridine rings is 1. The standard InChI is InChI=1S/C34H36N8O4/c1-21-17-23(7-11-28(21)45-24-8-10-27-26(18-24)37-20-42(27)33(44)46-34(2,3)4)38-31-30-25(35-19-36-31)9-12-29(39-30)41-16-14-22(32(41)43)13-15-40(5)6/h7-13,17-20H,14-16H2,1-6H3,(H,35,36,38)/b22-13+. The van der Waals surface area contributed by atoms with Gasteiger partial charge in [0.1, 0.15) is 41.1 Å². The molecule has 0 spiro atoms. The van der Waals surface area contributed by atoms with Crippen LogP contribution in [0.1, 0.15) is 32.8 Å². The molecule has 1 N–H and O–H groups in total. The van der Waals surface area contributed by atoms with Gasteiger partial charge < -0.3 is 19.7 Å². The highest BCUT2D eigenvalue weighted by atomic mass is 16.6. The van der Waals surface area contributed by atoms with Crippen LogP contribution in [0.15, 0.2) is 72.8 Å². The Morgan fingerprint density at radius 2 is 1.87 bits per heavy atom. The van der Waals surface area contributed by atoms with Crippen molar-refractivity contribution >= 4 is 51.4 Å². The zero-order valence-electron chi connectivity index (χ0n) is 26.7. The van der Waals surface area contributed by atoms with E-state index in [1.165, 1.54) is 17.2 Å². The van der Waals surface area contributed by atoms with Gasteiger partial charge in [-0.3, -0.25) is 9.69 Å². The van der Waals surface area contributed by atoms with Gasteiger partial charge in [0.2, 0.25) is 0 Å². The van der Waals surface area contributed by atoms with Crippen LogP contribution in [0.4, 0.5) is 22.1 Å². The molecule has 12 heteroatoms. The van der Waals surface area contributed by atoms with E-state index in [0.717, 1.165) is 16.8 Å². The first-order valence-electron chi connectivity index (χ1n) is 15.0. The van der Waals surface area contributed by atoms with E-state index < -0.39 is 11.7 Å². The molecule has 4 heterocycles. The predicted molar refractivity (Wildman–Crippen MR) is 177 cm³/mol. The van der Waals surface area contributed by atoms with Crippen molar-refractivity contribution in [2.24, 2.45) is 0 Å². The van der Waals surface area contributed by atoms with E-state index in [2.05, 4.69) is 20.3 Å². The molecule has 6 rings (SSSR count). The zero-order chi connectivity index (χ0) is 32.6. The largest absolute Gasteiger partial charge is 0.457 e. The van der Waals surface area contributed by atoms with Gasteiger partial charge >= 0.3 is 6.09 Å². The van der Waals surface area contributed by atoms with Crippen LogP contribution in [0.3, 0.4) is 0 Å². The molecule has 0 unspecified atom stereocenters. The summed E-state index contributed by atoms with van der Waals surface area (Å²) in [5.74, 6) is 2.31. The Bertz CT molecular complexity index is 1990. The third kappa shape index (κ3) is 6.52. The monoisotopic (exact) mass is 620 g/mol. The van der Waals surface area contributed by atoms with Crippen molar-refractivity contribution in [1.82, 2.24) is 29.4 Å². The molecule has 0 saturated carbocycles. The summed E-state index contributed by atoms with van der Waals surface area (Å²) in [6.07, 6.45) is 5.11. The van der Waals surface area contributed by atoms with Crippen LogP contribution in [0, 0.1) is 6.92 Å². The van der Waals surface area contributed by atoms with Gasteiger partial charge in [-0.15, -0.1) is 0 Å². The highest BCUT2D eigenvalue weighted by Gasteiger charge is 2.28. The topological polar surface area (TPSA) is 128 Å². The number of likely N-dealkylation sites (N-methyl/N-ethyl adjacent to an activating group) is 1. The molecular weight excluding hydrogens is 584 g/mol. The van der Waals surface area contributed by atoms with Gasteiger partial charge in [-0.2, -0.15) is 0 Å². The van der Waals surface area contributed by atoms with E-state index in [-0.39, 0.29) is 5.91 Å². The first-order chi connectivity index (χ1) is 21.9. The second kappa shape index (κ2) is 12.2. The van der Waals surface area contributed by atoms with Crippen LogP contribution in [0.5, 0.6) is 11.5 Å². The third-order valence-corrected chi connectivity index (χ3v) is 7.35. The minimum absolute atomic E-state index is 0.0261. The van der Waals surface area contributed by atoms with Gasteiger partial charge in [-0.25, -0.2) is 29.3 Å². The minimum Gasteiger partial charge on any atom is -0.457 e. The number of amides is 1. The molecule has 0 aliphatic carbocycles. The summed E-state index contributed by atoms with van der Waals surface area (Å²) in [6, 6.07) is 14.7. The predicted octanol–water partition coefficient (Wildman–Crippen LogP) is 6.23. The number of aryl methyl sites for hydroxylation is 1. The summed E-state index contributed by atoms with van der Waals surface area (Å²) in [5, 5.41) is 3.36. The number of fused-ring (bicyclic) bond motifs is 2. The summed E-state index contributed by atoms with van der Waals surface area (Å²) in [6.45, 7) is 8.70. The van der Waals surface area contributed by atoms with Crippen LogP contribution >= 0.6 is 0 Å². The van der Waals surface area contributed by atoms with E-state index in [4.69, 9.17) is 14.5 Å². The molecule has 1 aliphatic rings. The molecule has 0 atom stereocenters. The molecule has 5 aromatic rings. The van der Waals surface area contributed by atoms with Crippen molar-refractivity contribution in [2.45, 2.75) is 39.7 Å². The molecule has 1 fully saturated rings. The lowest BCUT2D eigenvalue weighted by molar-refractivity contribution is -0.114. The Kier molecular flexibility index (Phi) is 8.13. The van der Waals surface area contributed by atoms with Gasteiger partial charge in [0.05, 0.1) is 16.6 Å². The van der Waals surface area contributed by atoms with Crippen LogP contribution in [0.25, 0.3) is 22.1 Å². The highest BCUT2D eigenvalue weighted by Crippen LogP contribution is 2.32. The van der Waals surface area contributed by atoms with Gasteiger partial charge in [0, 0.05) is 30.4 Å². The number of anilines is 3. The molecule has 1 saturated heterocycles. The fraction of sp³-hybridized carbons (Fsp3) is 0.294. The zero-order valence-corrected chi connectivity index (χ0v) is 26.7. The molecule has 46 heavy (non-hydrogen) atoms. The second-order valence-corrected chi connectivity index (χ2v) is 12.4. The molecule has 0 radical (unpaired) electrons. The van der Waals surface area contributed by atoms with Gasteiger partial charge in [-0.05, 0) is 96.2 Å². The highest BCUT2D eigenvalue weighted by molar-refractivity contribution is 6.08.